The minimum absolute atomic E-state index is 0.161. The molecule has 1 N–H and O–H groups in total. The molecule has 0 aliphatic carbocycles. The molecule has 0 spiro atoms. The molecule has 0 atom stereocenters. The van der Waals surface area contributed by atoms with Crippen LogP contribution in [0, 0.1) is 5.82 Å². The smallest absolute Gasteiger partial charge is 0.124 e. The van der Waals surface area contributed by atoms with Crippen LogP contribution in [0.1, 0.15) is 24.3 Å². The second-order valence-corrected chi connectivity index (χ2v) is 5.74. The van der Waals surface area contributed by atoms with Crippen molar-refractivity contribution in [1.29, 1.82) is 0 Å². The number of hydrogen-bond donors (Lipinski definition) is 1. The molecular formula is C17H17ClFN. The van der Waals surface area contributed by atoms with E-state index in [1.54, 1.807) is 12.1 Å². The third-order valence-electron chi connectivity index (χ3n) is 3.91. The van der Waals surface area contributed by atoms with Crippen LogP contribution in [0.15, 0.2) is 42.5 Å². The van der Waals surface area contributed by atoms with Gasteiger partial charge in [0, 0.05) is 5.02 Å². The fourth-order valence-corrected chi connectivity index (χ4v) is 2.94. The standard InChI is InChI=1S/C17H17ClFN/c18-16-3-1-12(2-4-16)14-9-15(11-17(19)10-14)13-5-7-20-8-6-13/h1-4,9-11,13,20H,5-8H2. The predicted molar refractivity (Wildman–Crippen MR) is 81.7 cm³/mol. The molecule has 0 unspecified atom stereocenters. The molecule has 2 aromatic rings. The van der Waals surface area contributed by atoms with Crippen molar-refractivity contribution >= 4 is 11.6 Å². The van der Waals surface area contributed by atoms with Crippen LogP contribution in [-0.2, 0) is 0 Å². The van der Waals surface area contributed by atoms with Gasteiger partial charge in [-0.3, -0.25) is 0 Å². The number of rotatable bonds is 2. The summed E-state index contributed by atoms with van der Waals surface area (Å²) in [5.41, 5.74) is 3.04. The van der Waals surface area contributed by atoms with Crippen molar-refractivity contribution in [2.75, 3.05) is 13.1 Å². The largest absolute Gasteiger partial charge is 0.317 e. The Bertz CT molecular complexity index is 588. The average molecular weight is 290 g/mol. The van der Waals surface area contributed by atoms with E-state index in [9.17, 15) is 4.39 Å². The van der Waals surface area contributed by atoms with Crippen LogP contribution in [-0.4, -0.2) is 13.1 Å². The fourth-order valence-electron chi connectivity index (χ4n) is 2.81. The van der Waals surface area contributed by atoms with Gasteiger partial charge in [-0.2, -0.15) is 0 Å². The minimum atomic E-state index is -0.161. The SMILES string of the molecule is Fc1cc(-c2ccc(Cl)cc2)cc(C2CCNCC2)c1. The summed E-state index contributed by atoms with van der Waals surface area (Å²) in [5, 5.41) is 4.04. The molecule has 1 aliphatic rings. The van der Waals surface area contributed by atoms with Crippen molar-refractivity contribution in [1.82, 2.24) is 5.32 Å². The van der Waals surface area contributed by atoms with Gasteiger partial charge in [-0.1, -0.05) is 29.8 Å². The number of piperidine rings is 1. The summed E-state index contributed by atoms with van der Waals surface area (Å²) in [7, 11) is 0. The maximum atomic E-state index is 13.9. The Kier molecular flexibility index (Phi) is 4.04. The highest BCUT2D eigenvalue weighted by atomic mass is 35.5. The number of benzene rings is 2. The molecule has 1 saturated heterocycles. The first-order valence-electron chi connectivity index (χ1n) is 6.99. The maximum absolute atomic E-state index is 13.9. The fraction of sp³-hybridized carbons (Fsp3) is 0.294. The van der Waals surface area contributed by atoms with Crippen molar-refractivity contribution in [3.8, 4) is 11.1 Å². The van der Waals surface area contributed by atoms with Gasteiger partial charge in [0.25, 0.3) is 0 Å². The highest BCUT2D eigenvalue weighted by Gasteiger charge is 2.16. The molecule has 20 heavy (non-hydrogen) atoms. The molecule has 3 heteroatoms. The Labute approximate surface area is 123 Å². The van der Waals surface area contributed by atoms with E-state index in [2.05, 4.69) is 11.4 Å². The highest BCUT2D eigenvalue weighted by Crippen LogP contribution is 2.30. The third-order valence-corrected chi connectivity index (χ3v) is 4.16. The molecule has 0 aromatic heterocycles. The van der Waals surface area contributed by atoms with Crippen molar-refractivity contribution in [2.24, 2.45) is 0 Å². The Morgan fingerprint density at radius 3 is 2.35 bits per heavy atom. The topological polar surface area (TPSA) is 12.0 Å². The van der Waals surface area contributed by atoms with Crippen LogP contribution in [0.25, 0.3) is 11.1 Å². The van der Waals surface area contributed by atoms with E-state index in [-0.39, 0.29) is 5.82 Å². The molecule has 0 radical (unpaired) electrons. The van der Waals surface area contributed by atoms with Gasteiger partial charge in [-0.25, -0.2) is 4.39 Å². The summed E-state index contributed by atoms with van der Waals surface area (Å²) in [5.74, 6) is 0.295. The molecule has 3 rings (SSSR count). The summed E-state index contributed by atoms with van der Waals surface area (Å²) in [4.78, 5) is 0. The van der Waals surface area contributed by atoms with Crippen molar-refractivity contribution in [3.05, 3.63) is 58.9 Å². The van der Waals surface area contributed by atoms with Gasteiger partial charge < -0.3 is 5.32 Å². The molecule has 0 saturated carbocycles. The van der Waals surface area contributed by atoms with E-state index in [1.807, 2.05) is 24.3 Å². The Balaban J connectivity index is 1.95. The van der Waals surface area contributed by atoms with E-state index in [1.165, 1.54) is 0 Å². The monoisotopic (exact) mass is 289 g/mol. The second kappa shape index (κ2) is 5.94. The molecule has 1 nitrogen and oxygen atoms in total. The predicted octanol–water partition coefficient (Wildman–Crippen LogP) is 4.61. The molecule has 2 aromatic carbocycles. The molecule has 1 heterocycles. The van der Waals surface area contributed by atoms with Gasteiger partial charge in [-0.15, -0.1) is 0 Å². The van der Waals surface area contributed by atoms with E-state index in [4.69, 9.17) is 11.6 Å². The highest BCUT2D eigenvalue weighted by molar-refractivity contribution is 6.30. The maximum Gasteiger partial charge on any atom is 0.124 e. The van der Waals surface area contributed by atoms with Gasteiger partial charge in [0.2, 0.25) is 0 Å². The first-order valence-corrected chi connectivity index (χ1v) is 7.37. The van der Waals surface area contributed by atoms with Gasteiger partial charge >= 0.3 is 0 Å². The zero-order valence-corrected chi connectivity index (χ0v) is 12.0. The summed E-state index contributed by atoms with van der Waals surface area (Å²) in [6, 6.07) is 12.9. The third kappa shape index (κ3) is 3.02. The van der Waals surface area contributed by atoms with E-state index < -0.39 is 0 Å². The van der Waals surface area contributed by atoms with Crippen molar-refractivity contribution in [3.63, 3.8) is 0 Å². The molecule has 104 valence electrons. The molecular weight excluding hydrogens is 273 g/mol. The molecule has 0 amide bonds. The van der Waals surface area contributed by atoms with E-state index in [0.29, 0.717) is 10.9 Å². The number of halogens is 2. The normalized spacial score (nSPS) is 16.3. The summed E-state index contributed by atoms with van der Waals surface area (Å²) < 4.78 is 13.9. The van der Waals surface area contributed by atoms with E-state index in [0.717, 1.165) is 42.6 Å². The van der Waals surface area contributed by atoms with Crippen molar-refractivity contribution < 1.29 is 4.39 Å². The Morgan fingerprint density at radius 1 is 0.950 bits per heavy atom. The number of nitrogens with one attached hydrogen (secondary N) is 1. The lowest BCUT2D eigenvalue weighted by atomic mass is 9.88. The first kappa shape index (κ1) is 13.6. The summed E-state index contributed by atoms with van der Waals surface area (Å²) in [6.07, 6.45) is 2.15. The van der Waals surface area contributed by atoms with Crippen LogP contribution < -0.4 is 5.32 Å². The van der Waals surface area contributed by atoms with Crippen LogP contribution in [0.2, 0.25) is 5.02 Å². The lowest BCUT2D eigenvalue weighted by molar-refractivity contribution is 0.458. The number of hydrogen-bond acceptors (Lipinski definition) is 1. The summed E-state index contributed by atoms with van der Waals surface area (Å²) in [6.45, 7) is 2.02. The van der Waals surface area contributed by atoms with Crippen LogP contribution in [0.3, 0.4) is 0 Å². The lowest BCUT2D eigenvalue weighted by Gasteiger charge is -2.23. The van der Waals surface area contributed by atoms with Gasteiger partial charge in [-0.05, 0) is 72.8 Å². The van der Waals surface area contributed by atoms with E-state index >= 15 is 0 Å². The minimum Gasteiger partial charge on any atom is -0.317 e. The van der Waals surface area contributed by atoms with Crippen LogP contribution >= 0.6 is 11.6 Å². The average Bonchev–Trinajstić information content (AvgIpc) is 2.48. The zero-order valence-electron chi connectivity index (χ0n) is 11.2. The Morgan fingerprint density at radius 2 is 1.65 bits per heavy atom. The first-order chi connectivity index (χ1) is 9.72. The van der Waals surface area contributed by atoms with Gasteiger partial charge in [0.1, 0.15) is 5.82 Å². The van der Waals surface area contributed by atoms with Crippen LogP contribution in [0.5, 0.6) is 0 Å². The summed E-state index contributed by atoms with van der Waals surface area (Å²) >= 11 is 5.90. The van der Waals surface area contributed by atoms with Gasteiger partial charge in [0.05, 0.1) is 0 Å². The Hall–Kier alpha value is -1.38. The quantitative estimate of drug-likeness (QED) is 0.851. The molecule has 0 bridgehead atoms. The van der Waals surface area contributed by atoms with Gasteiger partial charge in [0.15, 0.2) is 0 Å². The molecule has 1 aliphatic heterocycles. The zero-order chi connectivity index (χ0) is 13.9. The molecule has 1 fully saturated rings. The van der Waals surface area contributed by atoms with Crippen molar-refractivity contribution in [2.45, 2.75) is 18.8 Å². The lowest BCUT2D eigenvalue weighted by Crippen LogP contribution is -2.26. The van der Waals surface area contributed by atoms with Crippen LogP contribution in [0.4, 0.5) is 4.39 Å². The second-order valence-electron chi connectivity index (χ2n) is 5.30.